The molecule has 0 aliphatic rings. The van der Waals surface area contributed by atoms with Crippen molar-refractivity contribution >= 4 is 5.91 Å². The summed E-state index contributed by atoms with van der Waals surface area (Å²) in [4.78, 5) is 15.9. The number of carbonyl (C=O) groups is 1. The quantitative estimate of drug-likeness (QED) is 0.788. The average molecular weight is 347 g/mol. The lowest BCUT2D eigenvalue weighted by Gasteiger charge is -2.21. The van der Waals surface area contributed by atoms with Crippen molar-refractivity contribution in [2.45, 2.75) is 12.2 Å². The van der Waals surface area contributed by atoms with Crippen LogP contribution in [0.1, 0.15) is 22.1 Å². The Morgan fingerprint density at radius 3 is 2.28 bits per heavy atom. The normalized spacial score (nSPS) is 12.6. The van der Waals surface area contributed by atoms with Crippen molar-refractivity contribution in [2.24, 2.45) is 0 Å². The van der Waals surface area contributed by atoms with Crippen LogP contribution in [0, 0.1) is 0 Å². The molecule has 1 atom stereocenters. The predicted octanol–water partition coefficient (Wildman–Crippen LogP) is 2.70. The fraction of sp³-hybridized carbons (Fsp3) is 0.125. The van der Waals surface area contributed by atoms with Crippen molar-refractivity contribution < 1.29 is 18.0 Å². The van der Waals surface area contributed by atoms with Crippen LogP contribution in [0.2, 0.25) is 0 Å². The maximum absolute atomic E-state index is 13.3. The van der Waals surface area contributed by atoms with Crippen LogP contribution in [0.25, 0.3) is 5.69 Å². The molecule has 0 radical (unpaired) electrons. The van der Waals surface area contributed by atoms with Gasteiger partial charge in [0.1, 0.15) is 12.7 Å². The molecule has 0 saturated heterocycles. The van der Waals surface area contributed by atoms with Crippen LogP contribution in [0.3, 0.4) is 0 Å². The number of pyridine rings is 1. The molecule has 3 aromatic rings. The van der Waals surface area contributed by atoms with Crippen LogP contribution >= 0.6 is 0 Å². The molecule has 2 heterocycles. The largest absolute Gasteiger partial charge is 0.414 e. The minimum atomic E-state index is -4.66. The van der Waals surface area contributed by atoms with Gasteiger partial charge in [0.15, 0.2) is 6.04 Å². The highest BCUT2D eigenvalue weighted by atomic mass is 19.4. The molecule has 1 N–H and O–H groups in total. The molecule has 6 nitrogen and oxygen atoms in total. The zero-order valence-corrected chi connectivity index (χ0v) is 12.7. The van der Waals surface area contributed by atoms with Gasteiger partial charge in [0.05, 0.1) is 5.69 Å². The van der Waals surface area contributed by atoms with Gasteiger partial charge in [0, 0.05) is 17.4 Å². The summed E-state index contributed by atoms with van der Waals surface area (Å²) in [6.45, 7) is 0. The van der Waals surface area contributed by atoms with Crippen molar-refractivity contribution in [1.82, 2.24) is 25.1 Å². The number of rotatable bonds is 4. The van der Waals surface area contributed by atoms with Gasteiger partial charge in [0.25, 0.3) is 5.91 Å². The van der Waals surface area contributed by atoms with E-state index in [0.717, 1.165) is 0 Å². The SMILES string of the molecule is O=C(N[C@H](c1ccccn1)C(F)(F)F)c1ccc(-n2cnnc2)cc1. The Morgan fingerprint density at radius 2 is 1.72 bits per heavy atom. The molecule has 0 saturated carbocycles. The molecule has 0 fully saturated rings. The van der Waals surface area contributed by atoms with Gasteiger partial charge in [-0.3, -0.25) is 14.3 Å². The van der Waals surface area contributed by atoms with Crippen LogP contribution in [0.4, 0.5) is 13.2 Å². The summed E-state index contributed by atoms with van der Waals surface area (Å²) in [6, 6.07) is 7.99. The number of aromatic nitrogens is 4. The van der Waals surface area contributed by atoms with Crippen LogP contribution in [-0.4, -0.2) is 31.8 Å². The zero-order chi connectivity index (χ0) is 17.9. The van der Waals surface area contributed by atoms with Gasteiger partial charge in [-0.2, -0.15) is 13.2 Å². The third kappa shape index (κ3) is 3.82. The van der Waals surface area contributed by atoms with Gasteiger partial charge in [-0.15, -0.1) is 10.2 Å². The summed E-state index contributed by atoms with van der Waals surface area (Å²) in [5.41, 5.74) is 0.505. The maximum Gasteiger partial charge on any atom is 0.414 e. The first-order valence-electron chi connectivity index (χ1n) is 7.19. The molecule has 0 aliphatic heterocycles. The molecular formula is C16H12F3N5O. The molecule has 1 amide bonds. The number of hydrogen-bond donors (Lipinski definition) is 1. The standard InChI is InChI=1S/C16H12F3N5O/c17-16(18,19)14(13-3-1-2-8-20-13)23-15(25)11-4-6-12(7-5-11)24-9-21-22-10-24/h1-10,14H,(H,23,25)/t14-/m1/s1. The first-order chi connectivity index (χ1) is 11.9. The van der Waals surface area contributed by atoms with Crippen LogP contribution < -0.4 is 5.32 Å². The van der Waals surface area contributed by atoms with Crippen molar-refractivity contribution in [1.29, 1.82) is 0 Å². The maximum atomic E-state index is 13.3. The number of amides is 1. The molecule has 0 aliphatic carbocycles. The molecule has 0 bridgehead atoms. The number of nitrogens with one attached hydrogen (secondary N) is 1. The summed E-state index contributed by atoms with van der Waals surface area (Å²) in [5.74, 6) is -0.844. The molecule has 1 aromatic carbocycles. The third-order valence-corrected chi connectivity index (χ3v) is 3.43. The lowest BCUT2D eigenvalue weighted by Crippen LogP contribution is -2.38. The van der Waals surface area contributed by atoms with E-state index in [2.05, 4.69) is 15.2 Å². The van der Waals surface area contributed by atoms with E-state index >= 15 is 0 Å². The van der Waals surface area contributed by atoms with Crippen molar-refractivity contribution in [2.75, 3.05) is 0 Å². The second kappa shape index (κ2) is 6.71. The van der Waals surface area contributed by atoms with Crippen molar-refractivity contribution in [3.63, 3.8) is 0 Å². The first kappa shape index (κ1) is 16.6. The number of halogens is 3. The van der Waals surface area contributed by atoms with Gasteiger partial charge in [-0.25, -0.2) is 0 Å². The minimum absolute atomic E-state index is 0.0991. The molecule has 2 aromatic heterocycles. The van der Waals surface area contributed by atoms with Gasteiger partial charge in [-0.1, -0.05) is 6.07 Å². The minimum Gasteiger partial charge on any atom is -0.335 e. The number of benzene rings is 1. The highest BCUT2D eigenvalue weighted by Crippen LogP contribution is 2.31. The molecule has 9 heteroatoms. The highest BCUT2D eigenvalue weighted by molar-refractivity contribution is 5.94. The fourth-order valence-corrected chi connectivity index (χ4v) is 2.20. The van der Waals surface area contributed by atoms with E-state index in [1.54, 1.807) is 16.7 Å². The van der Waals surface area contributed by atoms with Crippen molar-refractivity contribution in [3.8, 4) is 5.69 Å². The highest BCUT2D eigenvalue weighted by Gasteiger charge is 2.42. The van der Waals surface area contributed by atoms with E-state index in [1.165, 1.54) is 49.2 Å². The Morgan fingerprint density at radius 1 is 1.04 bits per heavy atom. The molecule has 25 heavy (non-hydrogen) atoms. The van der Waals surface area contributed by atoms with Crippen LogP contribution in [-0.2, 0) is 0 Å². The molecular weight excluding hydrogens is 335 g/mol. The average Bonchev–Trinajstić information content (AvgIpc) is 3.14. The Labute approximate surface area is 140 Å². The monoisotopic (exact) mass is 347 g/mol. The number of hydrogen-bond acceptors (Lipinski definition) is 4. The Kier molecular flexibility index (Phi) is 4.46. The Balaban J connectivity index is 1.80. The van der Waals surface area contributed by atoms with E-state index in [4.69, 9.17) is 0 Å². The van der Waals surface area contributed by atoms with E-state index < -0.39 is 18.1 Å². The number of carbonyl (C=O) groups excluding carboxylic acids is 1. The van der Waals surface area contributed by atoms with E-state index in [9.17, 15) is 18.0 Å². The summed E-state index contributed by atoms with van der Waals surface area (Å²) in [7, 11) is 0. The summed E-state index contributed by atoms with van der Waals surface area (Å²) in [6.07, 6.45) is -0.480. The topological polar surface area (TPSA) is 72.7 Å². The second-order valence-corrected chi connectivity index (χ2v) is 5.12. The van der Waals surface area contributed by atoms with Gasteiger partial charge < -0.3 is 5.32 Å². The predicted molar refractivity (Wildman–Crippen MR) is 81.9 cm³/mol. The van der Waals surface area contributed by atoms with E-state index in [1.807, 2.05) is 5.32 Å². The Hall–Kier alpha value is -3.23. The number of nitrogens with zero attached hydrogens (tertiary/aromatic N) is 4. The van der Waals surface area contributed by atoms with Gasteiger partial charge >= 0.3 is 6.18 Å². The first-order valence-corrected chi connectivity index (χ1v) is 7.19. The molecule has 0 unspecified atom stereocenters. The summed E-state index contributed by atoms with van der Waals surface area (Å²) in [5, 5.41) is 9.30. The fourth-order valence-electron chi connectivity index (χ4n) is 2.20. The second-order valence-electron chi connectivity index (χ2n) is 5.12. The summed E-state index contributed by atoms with van der Waals surface area (Å²) >= 11 is 0. The van der Waals surface area contributed by atoms with E-state index in [-0.39, 0.29) is 11.3 Å². The smallest absolute Gasteiger partial charge is 0.335 e. The lowest BCUT2D eigenvalue weighted by atomic mass is 10.1. The van der Waals surface area contributed by atoms with Crippen molar-refractivity contribution in [3.05, 3.63) is 72.6 Å². The van der Waals surface area contributed by atoms with Gasteiger partial charge in [-0.05, 0) is 36.4 Å². The summed E-state index contributed by atoms with van der Waals surface area (Å²) < 4.78 is 41.4. The number of alkyl halides is 3. The van der Waals surface area contributed by atoms with Crippen LogP contribution in [0.5, 0.6) is 0 Å². The van der Waals surface area contributed by atoms with Crippen LogP contribution in [0.15, 0.2) is 61.3 Å². The molecule has 0 spiro atoms. The molecule has 3 rings (SSSR count). The Bertz CT molecular complexity index is 832. The van der Waals surface area contributed by atoms with Gasteiger partial charge in [0.2, 0.25) is 0 Å². The molecule has 128 valence electrons. The lowest BCUT2D eigenvalue weighted by molar-refractivity contribution is -0.156. The zero-order valence-electron chi connectivity index (χ0n) is 12.7. The van der Waals surface area contributed by atoms with E-state index in [0.29, 0.717) is 5.69 Å². The third-order valence-electron chi connectivity index (χ3n) is 3.43.